The summed E-state index contributed by atoms with van der Waals surface area (Å²) in [6.45, 7) is 10.5. The van der Waals surface area contributed by atoms with Gasteiger partial charge in [0.2, 0.25) is 0 Å². The molecule has 0 aliphatic rings. The minimum absolute atomic E-state index is 0.0738. The average Bonchev–Trinajstić information content (AvgIpc) is 2.78. The fraction of sp³-hybridized carbons (Fsp3) is 0.481. The molecule has 0 aromatic heterocycles. The third-order valence-corrected chi connectivity index (χ3v) is 6.36. The molecule has 0 heterocycles. The standard InChI is InChI=1S/C27H38O4/c1-6-27(7-2,13-12-21-8-9-22(16-28)23(15-21)17-29)24-10-11-26(20(5)14-24)31-18-25(30)19(3)4/h8-15,19,25,28-30H,6-7,16-18H2,1-5H3/b13-12+. The van der Waals surface area contributed by atoms with Crippen LogP contribution in [0.25, 0.3) is 6.08 Å². The van der Waals surface area contributed by atoms with Crippen LogP contribution in [-0.4, -0.2) is 28.0 Å². The lowest BCUT2D eigenvalue weighted by atomic mass is 9.75. The number of ether oxygens (including phenoxy) is 1. The maximum atomic E-state index is 10.0. The lowest BCUT2D eigenvalue weighted by Gasteiger charge is -2.30. The Morgan fingerprint density at radius 3 is 2.19 bits per heavy atom. The van der Waals surface area contributed by atoms with Gasteiger partial charge in [0.1, 0.15) is 12.4 Å². The Morgan fingerprint density at radius 1 is 0.968 bits per heavy atom. The Bertz CT molecular complexity index is 866. The number of hydrogen-bond donors (Lipinski definition) is 3. The molecule has 0 saturated heterocycles. The zero-order chi connectivity index (χ0) is 23.0. The number of aliphatic hydroxyl groups is 3. The first-order chi connectivity index (χ1) is 14.8. The summed E-state index contributed by atoms with van der Waals surface area (Å²) in [5, 5.41) is 29.0. The van der Waals surface area contributed by atoms with Gasteiger partial charge in [0, 0.05) is 5.41 Å². The lowest BCUT2D eigenvalue weighted by molar-refractivity contribution is 0.0698. The van der Waals surface area contributed by atoms with Crippen LogP contribution in [0, 0.1) is 12.8 Å². The highest BCUT2D eigenvalue weighted by Crippen LogP contribution is 2.36. The average molecular weight is 427 g/mol. The maximum absolute atomic E-state index is 10.0. The van der Waals surface area contributed by atoms with Crippen molar-refractivity contribution >= 4 is 6.08 Å². The summed E-state index contributed by atoms with van der Waals surface area (Å²) in [6, 6.07) is 12.1. The minimum atomic E-state index is -0.478. The second-order valence-electron chi connectivity index (χ2n) is 8.64. The van der Waals surface area contributed by atoms with Crippen LogP contribution in [0.3, 0.4) is 0 Å². The molecule has 0 fully saturated rings. The predicted octanol–water partition coefficient (Wildman–Crippen LogP) is 5.15. The summed E-state index contributed by atoms with van der Waals surface area (Å²) in [6.07, 6.45) is 5.78. The number of allylic oxidation sites excluding steroid dienone is 1. The van der Waals surface area contributed by atoms with E-state index in [-0.39, 0.29) is 24.5 Å². The first kappa shape index (κ1) is 25.1. The molecule has 4 heteroatoms. The molecule has 2 aromatic rings. The number of rotatable bonds is 11. The molecule has 170 valence electrons. The van der Waals surface area contributed by atoms with E-state index in [9.17, 15) is 15.3 Å². The largest absolute Gasteiger partial charge is 0.491 e. The van der Waals surface area contributed by atoms with Crippen molar-refractivity contribution in [2.24, 2.45) is 5.92 Å². The lowest BCUT2D eigenvalue weighted by Crippen LogP contribution is -2.24. The molecular formula is C27H38O4. The van der Waals surface area contributed by atoms with Crippen LogP contribution in [0.5, 0.6) is 5.75 Å². The molecule has 0 aliphatic heterocycles. The first-order valence-electron chi connectivity index (χ1n) is 11.2. The third-order valence-electron chi connectivity index (χ3n) is 6.36. The molecule has 0 saturated carbocycles. The molecule has 4 nitrogen and oxygen atoms in total. The van der Waals surface area contributed by atoms with Gasteiger partial charge in [0.15, 0.2) is 0 Å². The van der Waals surface area contributed by atoms with Crippen LogP contribution >= 0.6 is 0 Å². The number of benzene rings is 2. The van der Waals surface area contributed by atoms with Crippen LogP contribution in [0.2, 0.25) is 0 Å². The van der Waals surface area contributed by atoms with Crippen molar-refractivity contribution in [3.63, 3.8) is 0 Å². The summed E-state index contributed by atoms with van der Waals surface area (Å²) < 4.78 is 5.86. The zero-order valence-electron chi connectivity index (χ0n) is 19.6. The minimum Gasteiger partial charge on any atom is -0.491 e. The molecule has 0 aliphatic carbocycles. The van der Waals surface area contributed by atoms with E-state index in [0.29, 0.717) is 6.61 Å². The maximum Gasteiger partial charge on any atom is 0.122 e. The summed E-state index contributed by atoms with van der Waals surface area (Å²) in [5.41, 5.74) is 4.69. The van der Waals surface area contributed by atoms with E-state index < -0.39 is 6.10 Å². The van der Waals surface area contributed by atoms with Gasteiger partial charge in [-0.15, -0.1) is 0 Å². The van der Waals surface area contributed by atoms with E-state index in [0.717, 1.165) is 40.8 Å². The van der Waals surface area contributed by atoms with Gasteiger partial charge in [-0.25, -0.2) is 0 Å². The van der Waals surface area contributed by atoms with Gasteiger partial charge in [-0.3, -0.25) is 0 Å². The van der Waals surface area contributed by atoms with Crippen LogP contribution in [0.15, 0.2) is 42.5 Å². The fourth-order valence-electron chi connectivity index (χ4n) is 3.79. The van der Waals surface area contributed by atoms with Crippen molar-refractivity contribution in [3.8, 4) is 5.75 Å². The molecular weight excluding hydrogens is 388 g/mol. The molecule has 0 amide bonds. The van der Waals surface area contributed by atoms with Crippen molar-refractivity contribution in [1.82, 2.24) is 0 Å². The molecule has 2 aromatic carbocycles. The summed E-state index contributed by atoms with van der Waals surface area (Å²) in [7, 11) is 0. The van der Waals surface area contributed by atoms with Crippen molar-refractivity contribution in [2.75, 3.05) is 6.61 Å². The van der Waals surface area contributed by atoms with Crippen LogP contribution in [0.1, 0.15) is 68.4 Å². The van der Waals surface area contributed by atoms with E-state index in [1.54, 1.807) is 0 Å². The normalized spacial score (nSPS) is 13.2. The highest BCUT2D eigenvalue weighted by molar-refractivity contribution is 5.55. The molecule has 1 atom stereocenters. The van der Waals surface area contributed by atoms with Gasteiger partial charge in [0.05, 0.1) is 19.3 Å². The number of aliphatic hydroxyl groups excluding tert-OH is 3. The Balaban J connectivity index is 2.29. The van der Waals surface area contributed by atoms with Crippen molar-refractivity contribution in [3.05, 3.63) is 70.3 Å². The highest BCUT2D eigenvalue weighted by atomic mass is 16.5. The van der Waals surface area contributed by atoms with Crippen molar-refractivity contribution in [1.29, 1.82) is 0 Å². The summed E-state index contributed by atoms with van der Waals surface area (Å²) in [4.78, 5) is 0. The van der Waals surface area contributed by atoms with Gasteiger partial charge in [0.25, 0.3) is 0 Å². The highest BCUT2D eigenvalue weighted by Gasteiger charge is 2.26. The van der Waals surface area contributed by atoms with Crippen LogP contribution in [0.4, 0.5) is 0 Å². The van der Waals surface area contributed by atoms with Gasteiger partial charge in [-0.05, 0) is 65.6 Å². The van der Waals surface area contributed by atoms with Gasteiger partial charge < -0.3 is 20.1 Å². The topological polar surface area (TPSA) is 69.9 Å². The predicted molar refractivity (Wildman–Crippen MR) is 127 cm³/mol. The Kier molecular flexibility index (Phi) is 9.30. The first-order valence-corrected chi connectivity index (χ1v) is 11.2. The Labute approximate surface area is 187 Å². The molecule has 0 radical (unpaired) electrons. The van der Waals surface area contributed by atoms with Gasteiger partial charge in [-0.2, -0.15) is 0 Å². The monoisotopic (exact) mass is 426 g/mol. The molecule has 0 spiro atoms. The third kappa shape index (κ3) is 6.19. The van der Waals surface area contributed by atoms with Crippen molar-refractivity contribution in [2.45, 2.75) is 72.2 Å². The van der Waals surface area contributed by atoms with Crippen molar-refractivity contribution < 1.29 is 20.1 Å². The van der Waals surface area contributed by atoms with Crippen LogP contribution < -0.4 is 4.74 Å². The summed E-state index contributed by atoms with van der Waals surface area (Å²) in [5.74, 6) is 0.969. The molecule has 3 N–H and O–H groups in total. The Morgan fingerprint density at radius 2 is 1.65 bits per heavy atom. The quantitative estimate of drug-likeness (QED) is 0.465. The molecule has 31 heavy (non-hydrogen) atoms. The second-order valence-corrected chi connectivity index (χ2v) is 8.64. The van der Waals surface area contributed by atoms with Gasteiger partial charge >= 0.3 is 0 Å². The SMILES string of the molecule is CCC(/C=C/c1ccc(CO)c(CO)c1)(CC)c1ccc(OCC(O)C(C)C)c(C)c1. The fourth-order valence-corrected chi connectivity index (χ4v) is 3.79. The van der Waals surface area contributed by atoms with E-state index in [2.05, 4.69) is 38.1 Å². The summed E-state index contributed by atoms with van der Waals surface area (Å²) >= 11 is 0. The van der Waals surface area contributed by atoms with E-state index >= 15 is 0 Å². The van der Waals surface area contributed by atoms with E-state index in [1.165, 1.54) is 5.56 Å². The van der Waals surface area contributed by atoms with Crippen LogP contribution in [-0.2, 0) is 18.6 Å². The smallest absolute Gasteiger partial charge is 0.122 e. The molecule has 0 bridgehead atoms. The number of aryl methyl sites for hydroxylation is 1. The second kappa shape index (κ2) is 11.5. The molecule has 2 rings (SSSR count). The zero-order valence-corrected chi connectivity index (χ0v) is 19.6. The van der Waals surface area contributed by atoms with E-state index in [4.69, 9.17) is 4.74 Å². The van der Waals surface area contributed by atoms with E-state index in [1.807, 2.05) is 45.0 Å². The van der Waals surface area contributed by atoms with Gasteiger partial charge in [-0.1, -0.05) is 64.1 Å². The molecule has 1 unspecified atom stereocenters. The number of hydrogen-bond acceptors (Lipinski definition) is 4. The Hall–Kier alpha value is -2.14.